The Kier molecular flexibility index (Phi) is 14.1. The van der Waals surface area contributed by atoms with Crippen LogP contribution in [0.5, 0.6) is 0 Å². The Hall–Kier alpha value is -6.57. The van der Waals surface area contributed by atoms with Crippen molar-refractivity contribution < 1.29 is 52.1 Å². The number of aryl methyl sites for hydroxylation is 2. The summed E-state index contributed by atoms with van der Waals surface area (Å²) in [6.45, 7) is 15.7. The Balaban J connectivity index is 0.656. The predicted molar refractivity (Wildman–Crippen MR) is 290 cm³/mol. The number of carbonyl (C=O) groups is 5. The Morgan fingerprint density at radius 3 is 2.29 bits per heavy atom. The summed E-state index contributed by atoms with van der Waals surface area (Å²) in [6, 6.07) is 16.2. The Morgan fingerprint density at radius 1 is 0.872 bits per heavy atom. The fraction of sp³-hybridized carbons (Fsp3) is 0.458. The number of hydrogen-bond donors (Lipinski definition) is 2. The third-order valence-electron chi connectivity index (χ3n) is 17.7. The molecule has 0 radical (unpaired) electrons. The molecule has 0 unspecified atom stereocenters. The number of hydrogen-bond acceptors (Lipinski definition) is 15. The number of allylic oxidation sites excluding steroid dienone is 2. The number of halogens is 1. The first-order valence-corrected chi connectivity index (χ1v) is 27.7. The van der Waals surface area contributed by atoms with E-state index >= 15 is 0 Å². The fourth-order valence-electron chi connectivity index (χ4n) is 13.8. The molecule has 5 aromatic rings. The SMILES string of the molecule is COC(=O)C[C@H]1[C@]2(C)C3=C(C)[C@H](c4ccoc4-c4ccc(C(=O)NCCOCCOCCNC(=O)C[C@@H]5N=C(c6ccc(Cl)cc6)c6c(sc(C)c6C)-n6c(C)nnc65)cc4)C[C@H]3O[C@@H]2[C@@H]2OC(=O)[C@]3(C)C=CC(=O)[C@@]1(C)[C@@H]23. The molecule has 10 atom stereocenters. The highest BCUT2D eigenvalue weighted by Gasteiger charge is 2.78. The van der Waals surface area contributed by atoms with Gasteiger partial charge in [0.2, 0.25) is 5.91 Å². The highest BCUT2D eigenvalue weighted by atomic mass is 35.5. The zero-order valence-corrected chi connectivity index (χ0v) is 46.5. The molecular weight excluding hydrogens is 1040 g/mol. The minimum absolute atomic E-state index is 0.0219. The molecule has 11 rings (SSSR count). The lowest BCUT2D eigenvalue weighted by atomic mass is 9.42. The zero-order valence-electron chi connectivity index (χ0n) is 44.9. The Labute approximate surface area is 461 Å². The summed E-state index contributed by atoms with van der Waals surface area (Å²) in [5.41, 5.74) is 5.14. The van der Waals surface area contributed by atoms with Gasteiger partial charge in [0, 0.05) is 73.5 Å². The highest BCUT2D eigenvalue weighted by molar-refractivity contribution is 7.15. The number of benzene rings is 2. The van der Waals surface area contributed by atoms with Gasteiger partial charge in [-0.15, -0.1) is 21.5 Å². The molecule has 408 valence electrons. The summed E-state index contributed by atoms with van der Waals surface area (Å²) in [5, 5.41) is 16.3. The molecule has 1 saturated carbocycles. The lowest BCUT2D eigenvalue weighted by Crippen LogP contribution is -2.66. The number of thiophene rings is 1. The maximum absolute atomic E-state index is 14.2. The van der Waals surface area contributed by atoms with Crippen molar-refractivity contribution in [3.63, 3.8) is 0 Å². The summed E-state index contributed by atoms with van der Waals surface area (Å²) in [5.74, 6) is -0.555. The summed E-state index contributed by atoms with van der Waals surface area (Å²) < 4.78 is 38.0. The average Bonchev–Trinajstić information content (AvgIpc) is 2.80. The van der Waals surface area contributed by atoms with Gasteiger partial charge >= 0.3 is 11.9 Å². The highest BCUT2D eigenvalue weighted by Crippen LogP contribution is 2.72. The molecule has 0 spiro atoms. The van der Waals surface area contributed by atoms with Crippen molar-refractivity contribution in [2.24, 2.45) is 33.1 Å². The number of furan rings is 1. The van der Waals surface area contributed by atoms with Crippen LogP contribution in [0.4, 0.5) is 0 Å². The van der Waals surface area contributed by atoms with E-state index < -0.39 is 52.3 Å². The fourth-order valence-corrected chi connectivity index (χ4v) is 15.2. The number of amides is 2. The molecule has 3 fully saturated rings. The molecule has 2 saturated heterocycles. The normalized spacial score (nSPS) is 28.3. The standard InChI is InChI=1S/C59H63ClN6O11S/c1-30-32(3)78-55-46(30)48(34-13-15-37(60)16-14-34)63-40(53-65-64-33(4)66(53)55)28-44(68)61-20-23-73-25-26-74-24-21-62-54(70)36-11-9-35(10-12-36)49-38(18-22-75-49)39-27-41-47(31(39)2)59(7)42(29-45(69)72-8)58(6)43(67)17-19-57(5)51(58)50(52(59)76-41)77-56(57)71/h9-19,22,39-42,50-52H,20-21,23-29H2,1-8H3,(H,61,68)(H,62,70)/t39-,40+,41-,42-,50-,51+,52-,57-,58+,59-/m1/s1. The van der Waals surface area contributed by atoms with E-state index in [1.54, 1.807) is 35.8 Å². The molecule has 0 bridgehead atoms. The molecular formula is C59H63ClN6O11S. The van der Waals surface area contributed by atoms with Crippen LogP contribution < -0.4 is 10.6 Å². The topological polar surface area (TPSA) is 212 Å². The van der Waals surface area contributed by atoms with Gasteiger partial charge in [0.05, 0.1) is 69.9 Å². The summed E-state index contributed by atoms with van der Waals surface area (Å²) in [6.07, 6.45) is 3.90. The molecule has 17 nitrogen and oxygen atoms in total. The number of fused-ring (bicyclic) bond motifs is 7. The quantitative estimate of drug-likeness (QED) is 0.0509. The van der Waals surface area contributed by atoms with Crippen molar-refractivity contribution in [2.45, 2.75) is 98.0 Å². The first kappa shape index (κ1) is 53.4. The van der Waals surface area contributed by atoms with Crippen LogP contribution >= 0.6 is 22.9 Å². The second-order valence-electron chi connectivity index (χ2n) is 21.9. The van der Waals surface area contributed by atoms with Gasteiger partial charge in [-0.25, -0.2) is 0 Å². The van der Waals surface area contributed by atoms with E-state index in [1.165, 1.54) is 18.1 Å². The number of nitrogens with one attached hydrogen (secondary N) is 2. The van der Waals surface area contributed by atoms with E-state index in [1.807, 2.05) is 67.8 Å². The van der Waals surface area contributed by atoms with Crippen LogP contribution in [-0.4, -0.2) is 115 Å². The molecule has 3 aliphatic heterocycles. The van der Waals surface area contributed by atoms with Crippen LogP contribution in [0.25, 0.3) is 16.3 Å². The maximum atomic E-state index is 14.2. The van der Waals surface area contributed by atoms with E-state index in [-0.39, 0.29) is 68.2 Å². The smallest absolute Gasteiger partial charge is 0.316 e. The predicted octanol–water partition coefficient (Wildman–Crippen LogP) is 8.49. The summed E-state index contributed by atoms with van der Waals surface area (Å²) in [4.78, 5) is 73.9. The van der Waals surface area contributed by atoms with Crippen LogP contribution in [0.3, 0.4) is 0 Å². The minimum Gasteiger partial charge on any atom is -0.469 e. The second kappa shape index (κ2) is 20.6. The Morgan fingerprint density at radius 2 is 1.58 bits per heavy atom. The first-order chi connectivity index (χ1) is 37.4. The van der Waals surface area contributed by atoms with Crippen molar-refractivity contribution in [2.75, 3.05) is 46.6 Å². The molecule has 6 aliphatic rings. The number of ether oxygens (including phenoxy) is 5. The summed E-state index contributed by atoms with van der Waals surface area (Å²) in [7, 11) is 1.35. The van der Waals surface area contributed by atoms with Crippen molar-refractivity contribution in [3.8, 4) is 16.3 Å². The van der Waals surface area contributed by atoms with Crippen LogP contribution in [0.15, 0.2) is 93.6 Å². The van der Waals surface area contributed by atoms with Gasteiger partial charge in [-0.2, -0.15) is 0 Å². The number of aliphatic imine (C=N–C) groups is 1. The molecule has 3 aromatic heterocycles. The van der Waals surface area contributed by atoms with Crippen LogP contribution in [0, 0.1) is 48.9 Å². The average molecular weight is 1100 g/mol. The van der Waals surface area contributed by atoms with E-state index in [9.17, 15) is 24.0 Å². The van der Waals surface area contributed by atoms with E-state index in [4.69, 9.17) is 44.7 Å². The summed E-state index contributed by atoms with van der Waals surface area (Å²) >= 11 is 7.91. The number of aromatic nitrogens is 3. The molecule has 6 heterocycles. The molecule has 19 heteroatoms. The van der Waals surface area contributed by atoms with Gasteiger partial charge in [0.15, 0.2) is 11.6 Å². The zero-order chi connectivity index (χ0) is 55.0. The molecule has 78 heavy (non-hydrogen) atoms. The van der Waals surface area contributed by atoms with Crippen molar-refractivity contribution >= 4 is 58.2 Å². The van der Waals surface area contributed by atoms with Crippen LogP contribution in [-0.2, 0) is 42.9 Å². The minimum atomic E-state index is -1.11. The van der Waals surface area contributed by atoms with Crippen molar-refractivity contribution in [1.29, 1.82) is 0 Å². The number of methoxy groups -OCH3 is 1. The molecule has 2 amide bonds. The van der Waals surface area contributed by atoms with Crippen LogP contribution in [0.2, 0.25) is 5.02 Å². The van der Waals surface area contributed by atoms with Gasteiger partial charge < -0.3 is 38.7 Å². The third kappa shape index (κ3) is 8.69. The first-order valence-electron chi connectivity index (χ1n) is 26.5. The monoisotopic (exact) mass is 1100 g/mol. The van der Waals surface area contributed by atoms with Gasteiger partial charge in [0.1, 0.15) is 34.8 Å². The van der Waals surface area contributed by atoms with Gasteiger partial charge in [0.25, 0.3) is 5.91 Å². The van der Waals surface area contributed by atoms with E-state index in [0.29, 0.717) is 48.4 Å². The van der Waals surface area contributed by atoms with Crippen molar-refractivity contribution in [3.05, 3.63) is 134 Å². The van der Waals surface area contributed by atoms with Gasteiger partial charge in [-0.3, -0.25) is 33.5 Å². The Bertz CT molecular complexity index is 3340. The molecule has 3 aliphatic carbocycles. The van der Waals surface area contributed by atoms with Crippen LogP contribution in [0.1, 0.15) is 108 Å². The second-order valence-corrected chi connectivity index (χ2v) is 23.5. The lowest BCUT2D eigenvalue weighted by Gasteiger charge is -2.59. The van der Waals surface area contributed by atoms with Crippen molar-refractivity contribution in [1.82, 2.24) is 25.4 Å². The largest absolute Gasteiger partial charge is 0.469 e. The van der Waals surface area contributed by atoms with Gasteiger partial charge in [-0.05, 0) is 94.5 Å². The van der Waals surface area contributed by atoms with Gasteiger partial charge in [-0.1, -0.05) is 61.4 Å². The third-order valence-corrected chi connectivity index (χ3v) is 19.1. The number of rotatable bonds is 17. The molecule has 2 aromatic carbocycles. The maximum Gasteiger partial charge on any atom is 0.316 e. The number of nitrogens with zero attached hydrogens (tertiary/aromatic N) is 4. The lowest BCUT2D eigenvalue weighted by molar-refractivity contribution is -0.190. The van der Waals surface area contributed by atoms with E-state index in [2.05, 4.69) is 48.5 Å². The van der Waals surface area contributed by atoms with E-state index in [0.717, 1.165) is 55.5 Å². The number of carbonyl (C=O) groups excluding carboxylic acids is 5. The number of esters is 2. The molecule has 2 N–H and O–H groups in total. The number of ketones is 1.